The van der Waals surface area contributed by atoms with E-state index in [2.05, 4.69) is 21.2 Å². The molecule has 34 heavy (non-hydrogen) atoms. The van der Waals surface area contributed by atoms with E-state index in [9.17, 15) is 19.2 Å². The highest BCUT2D eigenvalue weighted by molar-refractivity contribution is 9.10. The number of nitrogens with one attached hydrogen (secondary N) is 1. The summed E-state index contributed by atoms with van der Waals surface area (Å²) in [6.07, 6.45) is 0. The molecule has 0 radical (unpaired) electrons. The molecule has 4 rings (SSSR count). The van der Waals surface area contributed by atoms with E-state index in [4.69, 9.17) is 16.3 Å². The van der Waals surface area contributed by atoms with Gasteiger partial charge in [-0.3, -0.25) is 19.3 Å². The molecule has 3 amide bonds. The Bertz CT molecular complexity index is 1310. The lowest BCUT2D eigenvalue weighted by Gasteiger charge is -2.22. The number of carbonyl (C=O) groups is 4. The summed E-state index contributed by atoms with van der Waals surface area (Å²) >= 11 is 9.26. The summed E-state index contributed by atoms with van der Waals surface area (Å²) in [5, 5.41) is 3.00. The summed E-state index contributed by atoms with van der Waals surface area (Å²) in [7, 11) is 0. The number of benzene rings is 3. The maximum Gasteiger partial charge on any atom is 0.338 e. The van der Waals surface area contributed by atoms with Crippen molar-refractivity contribution in [3.05, 3.63) is 98.5 Å². The number of anilines is 1. The van der Waals surface area contributed by atoms with E-state index in [1.54, 1.807) is 25.1 Å². The van der Waals surface area contributed by atoms with Crippen molar-refractivity contribution in [2.45, 2.75) is 13.0 Å². The van der Waals surface area contributed by atoms with Crippen LogP contribution in [0.3, 0.4) is 0 Å². The minimum absolute atomic E-state index is 0.0635. The number of halogens is 2. The number of amides is 3. The van der Waals surface area contributed by atoms with E-state index in [1.165, 1.54) is 23.1 Å². The second kappa shape index (κ2) is 9.79. The van der Waals surface area contributed by atoms with Crippen molar-refractivity contribution in [3.63, 3.8) is 0 Å². The SMILES string of the molecule is C[C@H](c1ccccc1)N1C(=O)c2ccc(C(=O)OCC(=O)Nc3ccc(Br)c(Cl)c3)cc2C1=O. The van der Waals surface area contributed by atoms with Crippen molar-refractivity contribution in [1.82, 2.24) is 4.90 Å². The number of imide groups is 1. The first-order valence-electron chi connectivity index (χ1n) is 10.2. The summed E-state index contributed by atoms with van der Waals surface area (Å²) in [4.78, 5) is 51.6. The molecule has 0 bridgehead atoms. The molecule has 0 unspecified atom stereocenters. The summed E-state index contributed by atoms with van der Waals surface area (Å²) in [5.41, 5.74) is 1.66. The maximum absolute atomic E-state index is 13.0. The van der Waals surface area contributed by atoms with Gasteiger partial charge in [0.25, 0.3) is 17.7 Å². The van der Waals surface area contributed by atoms with Crippen molar-refractivity contribution < 1.29 is 23.9 Å². The molecule has 1 aliphatic heterocycles. The van der Waals surface area contributed by atoms with Gasteiger partial charge in [-0.15, -0.1) is 0 Å². The maximum atomic E-state index is 13.0. The molecule has 172 valence electrons. The molecule has 0 spiro atoms. The highest BCUT2D eigenvalue weighted by Gasteiger charge is 2.39. The van der Waals surface area contributed by atoms with Crippen molar-refractivity contribution >= 4 is 56.9 Å². The van der Waals surface area contributed by atoms with Gasteiger partial charge < -0.3 is 10.1 Å². The molecule has 9 heteroatoms. The molecule has 0 aromatic heterocycles. The Kier molecular flexibility index (Phi) is 6.81. The lowest BCUT2D eigenvalue weighted by Crippen LogP contribution is -2.32. The minimum Gasteiger partial charge on any atom is -0.452 e. The molecule has 3 aromatic carbocycles. The van der Waals surface area contributed by atoms with Gasteiger partial charge in [-0.25, -0.2) is 4.79 Å². The minimum atomic E-state index is -0.790. The molecular formula is C25H18BrClN2O5. The first-order chi connectivity index (χ1) is 16.3. The third-order valence-corrected chi connectivity index (χ3v) is 6.59. The summed E-state index contributed by atoms with van der Waals surface area (Å²) in [6.45, 7) is 1.23. The number of hydrogen-bond donors (Lipinski definition) is 1. The third-order valence-electron chi connectivity index (χ3n) is 5.36. The fraction of sp³-hybridized carbons (Fsp3) is 0.120. The molecule has 1 N–H and O–H groups in total. The monoisotopic (exact) mass is 540 g/mol. The number of nitrogens with zero attached hydrogens (tertiary/aromatic N) is 1. The van der Waals surface area contributed by atoms with Gasteiger partial charge in [-0.1, -0.05) is 41.9 Å². The van der Waals surface area contributed by atoms with Crippen LogP contribution in [0.4, 0.5) is 5.69 Å². The molecular weight excluding hydrogens is 524 g/mol. The average molecular weight is 542 g/mol. The van der Waals surface area contributed by atoms with Crippen LogP contribution in [0.15, 0.2) is 71.2 Å². The van der Waals surface area contributed by atoms with E-state index < -0.39 is 36.3 Å². The molecule has 7 nitrogen and oxygen atoms in total. The van der Waals surface area contributed by atoms with Crippen LogP contribution >= 0.6 is 27.5 Å². The number of ether oxygens (including phenoxy) is 1. The molecule has 0 saturated carbocycles. The standard InChI is InChI=1S/C25H18BrClN2O5/c1-14(15-5-3-2-4-6-15)29-23(31)18-9-7-16(11-19(18)24(29)32)25(33)34-13-22(30)28-17-8-10-20(26)21(27)12-17/h2-12,14H,13H2,1H3,(H,28,30)/t14-/m1/s1. The fourth-order valence-electron chi connectivity index (χ4n) is 3.60. The Morgan fingerprint density at radius 3 is 2.41 bits per heavy atom. The lowest BCUT2D eigenvalue weighted by atomic mass is 10.1. The van der Waals surface area contributed by atoms with Crippen molar-refractivity contribution in [1.29, 1.82) is 0 Å². The van der Waals surface area contributed by atoms with Gasteiger partial charge in [0, 0.05) is 10.2 Å². The van der Waals surface area contributed by atoms with Crippen molar-refractivity contribution in [2.75, 3.05) is 11.9 Å². The van der Waals surface area contributed by atoms with E-state index in [1.807, 2.05) is 30.3 Å². The van der Waals surface area contributed by atoms with Crippen LogP contribution in [0, 0.1) is 0 Å². The van der Waals surface area contributed by atoms with E-state index in [-0.39, 0.29) is 16.7 Å². The van der Waals surface area contributed by atoms with Crippen LogP contribution in [-0.4, -0.2) is 35.2 Å². The Balaban J connectivity index is 1.43. The third kappa shape index (κ3) is 4.73. The quantitative estimate of drug-likeness (QED) is 0.340. The zero-order chi connectivity index (χ0) is 24.4. The van der Waals surface area contributed by atoms with Crippen LogP contribution in [0.2, 0.25) is 5.02 Å². The second-order valence-electron chi connectivity index (χ2n) is 7.58. The topological polar surface area (TPSA) is 92.8 Å². The van der Waals surface area contributed by atoms with Gasteiger partial charge >= 0.3 is 5.97 Å². The Morgan fingerprint density at radius 2 is 1.71 bits per heavy atom. The normalized spacial score (nSPS) is 13.4. The van der Waals surface area contributed by atoms with E-state index >= 15 is 0 Å². The van der Waals surface area contributed by atoms with Crippen LogP contribution < -0.4 is 5.32 Å². The predicted molar refractivity (Wildman–Crippen MR) is 130 cm³/mol. The van der Waals surface area contributed by atoms with Crippen LogP contribution in [0.5, 0.6) is 0 Å². The second-order valence-corrected chi connectivity index (χ2v) is 8.84. The largest absolute Gasteiger partial charge is 0.452 e. The predicted octanol–water partition coefficient (Wildman–Crippen LogP) is 5.26. The number of carbonyl (C=O) groups excluding carboxylic acids is 4. The molecule has 1 atom stereocenters. The molecule has 0 aliphatic carbocycles. The molecule has 1 aliphatic rings. The van der Waals surface area contributed by atoms with Gasteiger partial charge in [0.15, 0.2) is 6.61 Å². The molecule has 0 fully saturated rings. The van der Waals surface area contributed by atoms with Crippen LogP contribution in [0.25, 0.3) is 0 Å². The zero-order valence-electron chi connectivity index (χ0n) is 17.9. The van der Waals surface area contributed by atoms with Gasteiger partial charge in [0.1, 0.15) is 0 Å². The molecule has 1 heterocycles. The Labute approximate surface area is 208 Å². The number of fused-ring (bicyclic) bond motifs is 1. The number of esters is 1. The van der Waals surface area contributed by atoms with Gasteiger partial charge in [0.05, 0.1) is 27.8 Å². The van der Waals surface area contributed by atoms with Gasteiger partial charge in [-0.2, -0.15) is 0 Å². The molecule has 0 saturated heterocycles. The highest BCUT2D eigenvalue weighted by atomic mass is 79.9. The first-order valence-corrected chi connectivity index (χ1v) is 11.4. The Morgan fingerprint density at radius 1 is 1.00 bits per heavy atom. The summed E-state index contributed by atoms with van der Waals surface area (Å²) in [5.74, 6) is -2.26. The Hall–Kier alpha value is -3.49. The number of hydrogen-bond acceptors (Lipinski definition) is 5. The lowest BCUT2D eigenvalue weighted by molar-refractivity contribution is -0.119. The zero-order valence-corrected chi connectivity index (χ0v) is 20.2. The van der Waals surface area contributed by atoms with Crippen LogP contribution in [0.1, 0.15) is 49.6 Å². The van der Waals surface area contributed by atoms with Crippen molar-refractivity contribution in [2.24, 2.45) is 0 Å². The molecule has 3 aromatic rings. The average Bonchev–Trinajstić information content (AvgIpc) is 3.09. The summed E-state index contributed by atoms with van der Waals surface area (Å²) in [6, 6.07) is 17.7. The van der Waals surface area contributed by atoms with Crippen LogP contribution in [-0.2, 0) is 9.53 Å². The van der Waals surface area contributed by atoms with Gasteiger partial charge in [-0.05, 0) is 64.8 Å². The number of rotatable bonds is 6. The van der Waals surface area contributed by atoms with E-state index in [0.717, 1.165) is 5.56 Å². The van der Waals surface area contributed by atoms with E-state index in [0.29, 0.717) is 15.2 Å². The first kappa shape index (κ1) is 23.7. The van der Waals surface area contributed by atoms with Crippen molar-refractivity contribution in [3.8, 4) is 0 Å². The fourth-order valence-corrected chi connectivity index (χ4v) is 4.03. The highest BCUT2D eigenvalue weighted by Crippen LogP contribution is 2.32. The van der Waals surface area contributed by atoms with Gasteiger partial charge in [0.2, 0.25) is 0 Å². The smallest absolute Gasteiger partial charge is 0.338 e. The summed E-state index contributed by atoms with van der Waals surface area (Å²) < 4.78 is 5.76.